The Morgan fingerprint density at radius 2 is 2.04 bits per heavy atom. The van der Waals surface area contributed by atoms with Gasteiger partial charge in [0.05, 0.1) is 6.61 Å². The number of carbonyl (C=O) groups excluding carboxylic acids is 1. The standard InChI is InChI=1S/C18H26N2O2.ClH/c1-14(2)9-12-22-17-5-3-16(4-6-17)18(21)20-13-15-7-10-19-11-8-15;/h3-7,14,19H,8-13H2,1-2H3,(H,20,21);1H. The molecule has 2 N–H and O–H groups in total. The predicted octanol–water partition coefficient (Wildman–Crippen LogP) is 3.18. The Kier molecular flexibility index (Phi) is 8.74. The van der Waals surface area contributed by atoms with E-state index in [2.05, 4.69) is 30.6 Å². The van der Waals surface area contributed by atoms with Gasteiger partial charge in [0.25, 0.3) is 5.91 Å². The number of rotatable bonds is 7. The Hall–Kier alpha value is -1.52. The smallest absolute Gasteiger partial charge is 0.251 e. The molecule has 1 heterocycles. The van der Waals surface area contributed by atoms with Crippen molar-refractivity contribution in [3.63, 3.8) is 0 Å². The Balaban J connectivity index is 0.00000264. The van der Waals surface area contributed by atoms with Gasteiger partial charge in [-0.25, -0.2) is 0 Å². The summed E-state index contributed by atoms with van der Waals surface area (Å²) in [5, 5.41) is 6.23. The van der Waals surface area contributed by atoms with E-state index in [1.807, 2.05) is 24.3 Å². The number of nitrogens with one attached hydrogen (secondary N) is 2. The van der Waals surface area contributed by atoms with Crippen LogP contribution in [-0.2, 0) is 0 Å². The first kappa shape index (κ1) is 19.5. The highest BCUT2D eigenvalue weighted by molar-refractivity contribution is 5.94. The lowest BCUT2D eigenvalue weighted by atomic mass is 10.1. The first-order valence-electron chi connectivity index (χ1n) is 8.05. The average molecular weight is 339 g/mol. The van der Waals surface area contributed by atoms with Crippen molar-refractivity contribution in [2.75, 3.05) is 26.2 Å². The predicted molar refractivity (Wildman–Crippen MR) is 96.5 cm³/mol. The first-order chi connectivity index (χ1) is 10.6. The number of benzene rings is 1. The lowest BCUT2D eigenvalue weighted by Gasteiger charge is -2.14. The maximum Gasteiger partial charge on any atom is 0.251 e. The molecule has 1 aliphatic rings. The van der Waals surface area contributed by atoms with E-state index in [1.54, 1.807) is 0 Å². The monoisotopic (exact) mass is 338 g/mol. The summed E-state index contributed by atoms with van der Waals surface area (Å²) in [5.41, 5.74) is 1.96. The number of hydrogen-bond acceptors (Lipinski definition) is 3. The first-order valence-corrected chi connectivity index (χ1v) is 8.05. The number of halogens is 1. The van der Waals surface area contributed by atoms with Gasteiger partial charge in [-0.1, -0.05) is 25.5 Å². The van der Waals surface area contributed by atoms with Crippen LogP contribution in [0.4, 0.5) is 0 Å². The molecule has 0 atom stereocenters. The van der Waals surface area contributed by atoms with Crippen LogP contribution in [0.5, 0.6) is 5.75 Å². The number of hydrogen-bond donors (Lipinski definition) is 2. The van der Waals surface area contributed by atoms with Gasteiger partial charge in [-0.05, 0) is 49.6 Å². The Bertz CT molecular complexity index is 512. The summed E-state index contributed by atoms with van der Waals surface area (Å²) >= 11 is 0. The minimum Gasteiger partial charge on any atom is -0.494 e. The fourth-order valence-electron chi connectivity index (χ4n) is 2.24. The van der Waals surface area contributed by atoms with Crippen molar-refractivity contribution in [2.45, 2.75) is 26.7 Å². The third-order valence-electron chi connectivity index (χ3n) is 3.71. The van der Waals surface area contributed by atoms with Crippen molar-refractivity contribution in [1.82, 2.24) is 10.6 Å². The van der Waals surface area contributed by atoms with E-state index in [4.69, 9.17) is 4.74 Å². The highest BCUT2D eigenvalue weighted by atomic mass is 35.5. The molecule has 1 aromatic carbocycles. The van der Waals surface area contributed by atoms with Crippen molar-refractivity contribution in [2.24, 2.45) is 5.92 Å². The topological polar surface area (TPSA) is 50.4 Å². The van der Waals surface area contributed by atoms with E-state index in [9.17, 15) is 4.79 Å². The van der Waals surface area contributed by atoms with Crippen LogP contribution >= 0.6 is 12.4 Å². The molecule has 2 rings (SSSR count). The Labute approximate surface area is 145 Å². The zero-order chi connectivity index (χ0) is 15.8. The summed E-state index contributed by atoms with van der Waals surface area (Å²) in [5.74, 6) is 1.42. The van der Waals surface area contributed by atoms with Gasteiger partial charge in [0.2, 0.25) is 0 Å². The molecule has 0 saturated carbocycles. The SMILES string of the molecule is CC(C)CCOc1ccc(C(=O)NCC2=CCNCC2)cc1.Cl. The lowest BCUT2D eigenvalue weighted by Crippen LogP contribution is -2.29. The van der Waals surface area contributed by atoms with E-state index < -0.39 is 0 Å². The summed E-state index contributed by atoms with van der Waals surface area (Å²) < 4.78 is 5.66. The molecular weight excluding hydrogens is 312 g/mol. The molecule has 0 spiro atoms. The number of carbonyl (C=O) groups is 1. The molecule has 0 aliphatic carbocycles. The second-order valence-electron chi connectivity index (χ2n) is 6.05. The summed E-state index contributed by atoms with van der Waals surface area (Å²) in [6.07, 6.45) is 4.19. The molecular formula is C18H27ClN2O2. The minimum absolute atomic E-state index is 0. The van der Waals surface area contributed by atoms with Crippen LogP contribution in [-0.4, -0.2) is 32.1 Å². The average Bonchev–Trinajstić information content (AvgIpc) is 2.54. The molecule has 0 aromatic heterocycles. The third-order valence-corrected chi connectivity index (χ3v) is 3.71. The number of ether oxygens (including phenoxy) is 1. The van der Waals surface area contributed by atoms with E-state index in [0.717, 1.165) is 31.7 Å². The van der Waals surface area contributed by atoms with Gasteiger partial charge in [0, 0.05) is 18.7 Å². The van der Waals surface area contributed by atoms with Crippen LogP contribution in [0.15, 0.2) is 35.9 Å². The van der Waals surface area contributed by atoms with Crippen molar-refractivity contribution >= 4 is 18.3 Å². The quantitative estimate of drug-likeness (QED) is 0.751. The van der Waals surface area contributed by atoms with Crippen molar-refractivity contribution in [3.05, 3.63) is 41.5 Å². The molecule has 0 unspecified atom stereocenters. The van der Waals surface area contributed by atoms with Gasteiger partial charge in [0.1, 0.15) is 5.75 Å². The Morgan fingerprint density at radius 3 is 2.65 bits per heavy atom. The van der Waals surface area contributed by atoms with Gasteiger partial charge in [0.15, 0.2) is 0 Å². The highest BCUT2D eigenvalue weighted by Crippen LogP contribution is 2.13. The van der Waals surface area contributed by atoms with Gasteiger partial charge in [-0.2, -0.15) is 0 Å². The molecule has 1 amide bonds. The van der Waals surface area contributed by atoms with Crippen LogP contribution < -0.4 is 15.4 Å². The van der Waals surface area contributed by atoms with Gasteiger partial charge in [-0.15, -0.1) is 12.4 Å². The van der Waals surface area contributed by atoms with E-state index in [-0.39, 0.29) is 18.3 Å². The number of amides is 1. The van der Waals surface area contributed by atoms with Crippen LogP contribution in [0.3, 0.4) is 0 Å². The van der Waals surface area contributed by atoms with E-state index in [1.165, 1.54) is 5.57 Å². The summed E-state index contributed by atoms with van der Waals surface area (Å²) in [7, 11) is 0. The second kappa shape index (κ2) is 10.3. The van der Waals surface area contributed by atoms with E-state index >= 15 is 0 Å². The zero-order valence-electron chi connectivity index (χ0n) is 13.9. The fraction of sp³-hybridized carbons (Fsp3) is 0.500. The van der Waals surface area contributed by atoms with Gasteiger partial charge < -0.3 is 15.4 Å². The molecule has 0 radical (unpaired) electrons. The van der Waals surface area contributed by atoms with Gasteiger partial charge >= 0.3 is 0 Å². The van der Waals surface area contributed by atoms with Gasteiger partial charge in [-0.3, -0.25) is 4.79 Å². The molecule has 4 nitrogen and oxygen atoms in total. The summed E-state index contributed by atoms with van der Waals surface area (Å²) in [4.78, 5) is 12.1. The third kappa shape index (κ3) is 7.06. The maximum atomic E-state index is 12.1. The lowest BCUT2D eigenvalue weighted by molar-refractivity contribution is 0.0956. The highest BCUT2D eigenvalue weighted by Gasteiger charge is 2.08. The van der Waals surface area contributed by atoms with Crippen molar-refractivity contribution in [3.8, 4) is 5.75 Å². The molecule has 23 heavy (non-hydrogen) atoms. The van der Waals surface area contributed by atoms with Crippen LogP contribution in [0.2, 0.25) is 0 Å². The van der Waals surface area contributed by atoms with E-state index in [0.29, 0.717) is 24.6 Å². The largest absolute Gasteiger partial charge is 0.494 e. The molecule has 0 fully saturated rings. The maximum absolute atomic E-state index is 12.1. The molecule has 0 bridgehead atoms. The molecule has 1 aliphatic heterocycles. The van der Waals surface area contributed by atoms with Crippen molar-refractivity contribution in [1.29, 1.82) is 0 Å². The summed E-state index contributed by atoms with van der Waals surface area (Å²) in [6, 6.07) is 7.35. The normalized spacial score (nSPS) is 14.0. The molecule has 0 saturated heterocycles. The molecule has 1 aromatic rings. The molecule has 128 valence electrons. The Morgan fingerprint density at radius 1 is 1.30 bits per heavy atom. The van der Waals surface area contributed by atoms with Crippen LogP contribution in [0.1, 0.15) is 37.0 Å². The molecule has 5 heteroatoms. The second-order valence-corrected chi connectivity index (χ2v) is 6.05. The zero-order valence-corrected chi connectivity index (χ0v) is 14.7. The fourth-order valence-corrected chi connectivity index (χ4v) is 2.24. The summed E-state index contributed by atoms with van der Waals surface area (Å²) in [6.45, 7) is 7.58. The van der Waals surface area contributed by atoms with Crippen LogP contribution in [0.25, 0.3) is 0 Å². The van der Waals surface area contributed by atoms with Crippen molar-refractivity contribution < 1.29 is 9.53 Å². The van der Waals surface area contributed by atoms with Crippen LogP contribution in [0, 0.1) is 5.92 Å². The minimum atomic E-state index is -0.0341.